The van der Waals surface area contributed by atoms with E-state index in [-0.39, 0.29) is 18.2 Å². The molecule has 1 aromatic heterocycles. The summed E-state index contributed by atoms with van der Waals surface area (Å²) < 4.78 is 68.5. The van der Waals surface area contributed by atoms with Crippen molar-refractivity contribution in [2.75, 3.05) is 0 Å². The second-order valence-corrected chi connectivity index (χ2v) is 6.26. The van der Waals surface area contributed by atoms with Crippen molar-refractivity contribution in [3.8, 4) is 0 Å². The lowest BCUT2D eigenvalue weighted by Crippen LogP contribution is -2.33. The van der Waals surface area contributed by atoms with Crippen molar-refractivity contribution in [1.82, 2.24) is 4.57 Å². The zero-order chi connectivity index (χ0) is 16.1. The van der Waals surface area contributed by atoms with E-state index in [9.17, 15) is 27.1 Å². The lowest BCUT2D eigenvalue weighted by atomic mass is 9.88. The molecule has 1 atom stereocenters. The first kappa shape index (κ1) is 15.8. The molecular formula is C15H18F5NO. The molecule has 0 radical (unpaired) electrons. The van der Waals surface area contributed by atoms with Crippen LogP contribution in [-0.2, 0) is 12.6 Å². The van der Waals surface area contributed by atoms with Crippen molar-refractivity contribution in [3.05, 3.63) is 23.0 Å². The molecule has 7 heteroatoms. The van der Waals surface area contributed by atoms with Crippen LogP contribution < -0.4 is 0 Å². The van der Waals surface area contributed by atoms with Gasteiger partial charge in [-0.15, -0.1) is 0 Å². The number of hydrogen-bond donors (Lipinski definition) is 1. The highest BCUT2D eigenvalue weighted by molar-refractivity contribution is 5.40. The Labute approximate surface area is 124 Å². The molecular weight excluding hydrogens is 305 g/mol. The number of rotatable bonds is 1. The van der Waals surface area contributed by atoms with Crippen LogP contribution in [0.15, 0.2) is 6.20 Å². The van der Waals surface area contributed by atoms with E-state index in [2.05, 4.69) is 0 Å². The van der Waals surface area contributed by atoms with Crippen molar-refractivity contribution in [2.24, 2.45) is 0 Å². The molecule has 124 valence electrons. The van der Waals surface area contributed by atoms with Gasteiger partial charge in [0.1, 0.15) is 6.10 Å². The Kier molecular flexibility index (Phi) is 3.74. The number of aliphatic hydroxyl groups is 1. The Hall–Kier alpha value is -1.11. The molecule has 0 aromatic carbocycles. The van der Waals surface area contributed by atoms with Crippen LogP contribution in [0.3, 0.4) is 0 Å². The normalized spacial score (nSPS) is 26.0. The van der Waals surface area contributed by atoms with Crippen LogP contribution in [0.4, 0.5) is 22.0 Å². The van der Waals surface area contributed by atoms with Crippen LogP contribution in [0, 0.1) is 0 Å². The lowest BCUT2D eigenvalue weighted by molar-refractivity contribution is -0.147. The predicted octanol–water partition coefficient (Wildman–Crippen LogP) is 4.63. The number of aliphatic hydroxyl groups excluding tert-OH is 1. The second-order valence-electron chi connectivity index (χ2n) is 6.26. The maximum atomic E-state index is 13.7. The molecule has 0 saturated heterocycles. The predicted molar refractivity (Wildman–Crippen MR) is 69.8 cm³/mol. The van der Waals surface area contributed by atoms with Gasteiger partial charge in [0.15, 0.2) is 0 Å². The number of fused-ring (bicyclic) bond motifs is 1. The number of nitrogens with zero attached hydrogens (tertiary/aromatic N) is 1. The number of alkyl halides is 5. The molecule has 22 heavy (non-hydrogen) atoms. The van der Waals surface area contributed by atoms with Gasteiger partial charge in [0, 0.05) is 29.9 Å². The molecule has 0 spiro atoms. The third-order valence-electron chi connectivity index (χ3n) is 4.82. The Morgan fingerprint density at radius 3 is 2.36 bits per heavy atom. The third-order valence-corrected chi connectivity index (χ3v) is 4.82. The van der Waals surface area contributed by atoms with Crippen LogP contribution in [0.25, 0.3) is 0 Å². The van der Waals surface area contributed by atoms with Crippen molar-refractivity contribution >= 4 is 0 Å². The first-order valence-corrected chi connectivity index (χ1v) is 7.58. The maximum absolute atomic E-state index is 13.7. The van der Waals surface area contributed by atoms with Crippen LogP contribution in [0.1, 0.15) is 67.5 Å². The second kappa shape index (κ2) is 5.22. The minimum absolute atomic E-state index is 0.0856. The van der Waals surface area contributed by atoms with Crippen LogP contribution in [-0.4, -0.2) is 15.6 Å². The largest absolute Gasteiger partial charge is 0.418 e. The summed E-state index contributed by atoms with van der Waals surface area (Å²) in [5.74, 6) is -3.51. The summed E-state index contributed by atoms with van der Waals surface area (Å²) in [4.78, 5) is 0. The smallest absolute Gasteiger partial charge is 0.382 e. The SMILES string of the molecule is OC1c2c(C(F)(F)F)cn(C3CCCCC3)c2CCC1(F)F. The Balaban J connectivity index is 2.10. The first-order valence-electron chi connectivity index (χ1n) is 7.58. The topological polar surface area (TPSA) is 25.2 Å². The van der Waals surface area contributed by atoms with Crippen molar-refractivity contribution in [2.45, 2.75) is 69.2 Å². The van der Waals surface area contributed by atoms with Gasteiger partial charge in [0.2, 0.25) is 0 Å². The van der Waals surface area contributed by atoms with Crippen LogP contribution in [0.2, 0.25) is 0 Å². The minimum atomic E-state index is -4.74. The Morgan fingerprint density at radius 1 is 1.14 bits per heavy atom. The third kappa shape index (κ3) is 2.53. The highest BCUT2D eigenvalue weighted by atomic mass is 19.4. The van der Waals surface area contributed by atoms with Gasteiger partial charge in [0.05, 0.1) is 5.56 Å². The number of halogens is 5. The van der Waals surface area contributed by atoms with E-state index in [0.29, 0.717) is 0 Å². The maximum Gasteiger partial charge on any atom is 0.418 e. The molecule has 2 aliphatic carbocycles. The average Bonchev–Trinajstić information content (AvgIpc) is 2.84. The fraction of sp³-hybridized carbons (Fsp3) is 0.733. The van der Waals surface area contributed by atoms with E-state index >= 15 is 0 Å². The summed E-state index contributed by atoms with van der Waals surface area (Å²) >= 11 is 0. The van der Waals surface area contributed by atoms with Crippen LogP contribution in [0.5, 0.6) is 0 Å². The molecule has 1 aromatic rings. The molecule has 0 aliphatic heterocycles. The van der Waals surface area contributed by atoms with E-state index in [0.717, 1.165) is 38.3 Å². The van der Waals surface area contributed by atoms with Gasteiger partial charge in [-0.25, -0.2) is 8.78 Å². The molecule has 2 aliphatic rings. The Bertz CT molecular complexity index is 557. The number of aromatic nitrogens is 1. The van der Waals surface area contributed by atoms with Gasteiger partial charge in [-0.05, 0) is 19.3 Å². The van der Waals surface area contributed by atoms with Crippen molar-refractivity contribution in [1.29, 1.82) is 0 Å². The van der Waals surface area contributed by atoms with Gasteiger partial charge in [-0.2, -0.15) is 13.2 Å². The average molecular weight is 323 g/mol. The highest BCUT2D eigenvalue weighted by Crippen LogP contribution is 2.49. The highest BCUT2D eigenvalue weighted by Gasteiger charge is 2.50. The zero-order valence-corrected chi connectivity index (χ0v) is 12.0. The molecule has 1 saturated carbocycles. The van der Waals surface area contributed by atoms with E-state index in [1.165, 1.54) is 4.57 Å². The lowest BCUT2D eigenvalue weighted by Gasteiger charge is -2.32. The summed E-state index contributed by atoms with van der Waals surface area (Å²) in [7, 11) is 0. The van der Waals surface area contributed by atoms with E-state index in [1.54, 1.807) is 0 Å². The standard InChI is InChI=1S/C15H18F5NO/c16-14(17)7-6-11-12(13(14)22)10(15(18,19)20)8-21(11)9-4-2-1-3-5-9/h8-9,13,22H,1-7H2. The van der Waals surface area contributed by atoms with Crippen LogP contribution >= 0.6 is 0 Å². The zero-order valence-electron chi connectivity index (χ0n) is 12.0. The number of hydrogen-bond acceptors (Lipinski definition) is 1. The fourth-order valence-electron chi connectivity index (χ4n) is 3.69. The summed E-state index contributed by atoms with van der Waals surface area (Å²) in [6, 6.07) is -0.0856. The monoisotopic (exact) mass is 323 g/mol. The summed E-state index contributed by atoms with van der Waals surface area (Å²) in [6.07, 6.45) is -2.51. The van der Waals surface area contributed by atoms with E-state index in [1.807, 2.05) is 0 Å². The molecule has 2 nitrogen and oxygen atoms in total. The van der Waals surface area contributed by atoms with Crippen molar-refractivity contribution in [3.63, 3.8) is 0 Å². The van der Waals surface area contributed by atoms with Gasteiger partial charge in [-0.1, -0.05) is 19.3 Å². The molecule has 1 fully saturated rings. The molecule has 3 rings (SSSR count). The first-order chi connectivity index (χ1) is 10.2. The van der Waals surface area contributed by atoms with Gasteiger partial charge < -0.3 is 9.67 Å². The fourth-order valence-corrected chi connectivity index (χ4v) is 3.69. The van der Waals surface area contributed by atoms with Crippen molar-refractivity contribution < 1.29 is 27.1 Å². The summed E-state index contributed by atoms with van der Waals surface area (Å²) in [6.45, 7) is 0. The van der Waals surface area contributed by atoms with Gasteiger partial charge >= 0.3 is 6.18 Å². The van der Waals surface area contributed by atoms with E-state index < -0.39 is 35.8 Å². The van der Waals surface area contributed by atoms with Gasteiger partial charge in [-0.3, -0.25) is 0 Å². The molecule has 0 bridgehead atoms. The molecule has 0 amide bonds. The summed E-state index contributed by atoms with van der Waals surface area (Å²) in [5.41, 5.74) is -1.49. The van der Waals surface area contributed by atoms with Gasteiger partial charge in [0.25, 0.3) is 5.92 Å². The molecule has 1 unspecified atom stereocenters. The summed E-state index contributed by atoms with van der Waals surface area (Å²) in [5, 5.41) is 9.78. The van der Waals surface area contributed by atoms with E-state index in [4.69, 9.17) is 0 Å². The molecule has 1 N–H and O–H groups in total. The minimum Gasteiger partial charge on any atom is -0.382 e. The Morgan fingerprint density at radius 2 is 1.77 bits per heavy atom. The quantitative estimate of drug-likeness (QED) is 0.749. The molecule has 1 heterocycles.